The fourth-order valence-corrected chi connectivity index (χ4v) is 2.32. The van der Waals surface area contributed by atoms with E-state index in [1.807, 2.05) is 30.3 Å². The molecule has 2 amide bonds. The molecule has 1 atom stereocenters. The van der Waals surface area contributed by atoms with Crippen LogP contribution >= 0.6 is 0 Å². The lowest BCUT2D eigenvalue weighted by Gasteiger charge is -2.32. The Bertz CT molecular complexity index is 558. The van der Waals surface area contributed by atoms with Gasteiger partial charge in [-0.25, -0.2) is 18.4 Å². The highest BCUT2D eigenvalue weighted by Gasteiger charge is 2.36. The SMILES string of the molecule is O=C(O)[C@H](COCc1ccccc1)NC(=O)N1CCC(F)(F)CC1. The van der Waals surface area contributed by atoms with Gasteiger partial charge >= 0.3 is 12.0 Å². The molecule has 0 aromatic heterocycles. The molecule has 1 aromatic carbocycles. The molecular formula is C16H20F2N2O4. The van der Waals surface area contributed by atoms with Crippen LogP contribution in [0.1, 0.15) is 18.4 Å². The van der Waals surface area contributed by atoms with E-state index in [4.69, 9.17) is 9.84 Å². The molecule has 1 aliphatic rings. The number of carbonyl (C=O) groups excluding carboxylic acids is 1. The van der Waals surface area contributed by atoms with Crippen molar-refractivity contribution >= 4 is 12.0 Å². The summed E-state index contributed by atoms with van der Waals surface area (Å²) in [5, 5.41) is 11.5. The summed E-state index contributed by atoms with van der Waals surface area (Å²) in [7, 11) is 0. The van der Waals surface area contributed by atoms with E-state index in [9.17, 15) is 18.4 Å². The van der Waals surface area contributed by atoms with Crippen molar-refractivity contribution in [3.63, 3.8) is 0 Å². The Morgan fingerprint density at radius 1 is 1.25 bits per heavy atom. The third-order valence-corrected chi connectivity index (χ3v) is 3.77. The van der Waals surface area contributed by atoms with Crippen molar-refractivity contribution in [3.8, 4) is 0 Å². The number of hydrogen-bond donors (Lipinski definition) is 2. The zero-order chi connectivity index (χ0) is 17.6. The number of alkyl halides is 2. The number of nitrogens with zero attached hydrogens (tertiary/aromatic N) is 1. The number of hydrogen-bond acceptors (Lipinski definition) is 3. The van der Waals surface area contributed by atoms with Crippen LogP contribution in [-0.2, 0) is 16.1 Å². The van der Waals surface area contributed by atoms with Gasteiger partial charge in [0, 0.05) is 25.9 Å². The van der Waals surface area contributed by atoms with E-state index in [0.29, 0.717) is 0 Å². The van der Waals surface area contributed by atoms with Crippen LogP contribution in [0.2, 0.25) is 0 Å². The van der Waals surface area contributed by atoms with Crippen molar-refractivity contribution < 1.29 is 28.2 Å². The number of aliphatic carboxylic acids is 1. The molecular weight excluding hydrogens is 322 g/mol. The molecule has 1 aromatic rings. The van der Waals surface area contributed by atoms with Crippen molar-refractivity contribution in [1.82, 2.24) is 10.2 Å². The average Bonchev–Trinajstić information content (AvgIpc) is 2.54. The zero-order valence-electron chi connectivity index (χ0n) is 13.1. The van der Waals surface area contributed by atoms with E-state index >= 15 is 0 Å². The predicted octanol–water partition coefficient (Wildman–Crippen LogP) is 2.10. The lowest BCUT2D eigenvalue weighted by molar-refractivity contribution is -0.141. The summed E-state index contributed by atoms with van der Waals surface area (Å²) in [4.78, 5) is 24.4. The molecule has 1 heterocycles. The minimum absolute atomic E-state index is 0.101. The summed E-state index contributed by atoms with van der Waals surface area (Å²) >= 11 is 0. The highest BCUT2D eigenvalue weighted by molar-refractivity contribution is 5.82. The fraction of sp³-hybridized carbons (Fsp3) is 0.500. The number of ether oxygens (including phenoxy) is 1. The number of rotatable bonds is 6. The van der Waals surface area contributed by atoms with E-state index in [-0.39, 0.29) is 26.3 Å². The van der Waals surface area contributed by atoms with Crippen LogP contribution in [0.3, 0.4) is 0 Å². The number of benzene rings is 1. The Hall–Kier alpha value is -2.22. The Balaban J connectivity index is 1.80. The van der Waals surface area contributed by atoms with Gasteiger partial charge in [0.15, 0.2) is 6.04 Å². The number of piperidine rings is 1. The standard InChI is InChI=1S/C16H20F2N2O4/c17-16(18)6-8-20(9-7-16)15(23)19-13(14(21)22)11-24-10-12-4-2-1-3-5-12/h1-5,13H,6-11H2,(H,19,23)(H,21,22)/t13-/m0/s1. The van der Waals surface area contributed by atoms with Crippen LogP contribution in [0, 0.1) is 0 Å². The average molecular weight is 342 g/mol. The predicted molar refractivity (Wildman–Crippen MR) is 81.8 cm³/mol. The Kier molecular flexibility index (Phi) is 6.08. The maximum atomic E-state index is 13.1. The van der Waals surface area contributed by atoms with Crippen LogP contribution in [0.25, 0.3) is 0 Å². The summed E-state index contributed by atoms with van der Waals surface area (Å²) in [6, 6.07) is 7.30. The topological polar surface area (TPSA) is 78.9 Å². The molecule has 2 rings (SSSR count). The highest BCUT2D eigenvalue weighted by atomic mass is 19.3. The maximum absolute atomic E-state index is 13.1. The molecule has 24 heavy (non-hydrogen) atoms. The highest BCUT2D eigenvalue weighted by Crippen LogP contribution is 2.27. The molecule has 2 N–H and O–H groups in total. The second-order valence-electron chi connectivity index (χ2n) is 5.68. The minimum atomic E-state index is -2.76. The zero-order valence-corrected chi connectivity index (χ0v) is 13.1. The molecule has 1 fully saturated rings. The molecule has 0 spiro atoms. The first-order valence-electron chi connectivity index (χ1n) is 7.65. The number of amides is 2. The number of urea groups is 1. The molecule has 0 saturated carbocycles. The lowest BCUT2D eigenvalue weighted by atomic mass is 10.1. The second-order valence-corrected chi connectivity index (χ2v) is 5.68. The number of carbonyl (C=O) groups is 2. The number of carboxylic acid groups (broad SMARTS) is 1. The fourth-order valence-electron chi connectivity index (χ4n) is 2.32. The monoisotopic (exact) mass is 342 g/mol. The first kappa shape index (κ1) is 18.1. The van der Waals surface area contributed by atoms with Crippen LogP contribution in [-0.4, -0.2) is 53.7 Å². The summed E-state index contributed by atoms with van der Waals surface area (Å²) in [5.74, 6) is -4.00. The van der Waals surface area contributed by atoms with Gasteiger partial charge < -0.3 is 20.1 Å². The molecule has 0 aliphatic carbocycles. The molecule has 8 heteroatoms. The summed E-state index contributed by atoms with van der Waals surface area (Å²) in [6.07, 6.45) is -0.828. The summed E-state index contributed by atoms with van der Waals surface area (Å²) < 4.78 is 31.5. The van der Waals surface area contributed by atoms with Crippen molar-refractivity contribution in [2.75, 3.05) is 19.7 Å². The quantitative estimate of drug-likeness (QED) is 0.830. The van der Waals surface area contributed by atoms with Crippen LogP contribution in [0.15, 0.2) is 30.3 Å². The Morgan fingerprint density at radius 2 is 1.88 bits per heavy atom. The van der Waals surface area contributed by atoms with Gasteiger partial charge in [-0.05, 0) is 5.56 Å². The van der Waals surface area contributed by atoms with E-state index in [2.05, 4.69) is 5.32 Å². The van der Waals surface area contributed by atoms with E-state index < -0.39 is 36.8 Å². The molecule has 1 aliphatic heterocycles. The van der Waals surface area contributed by atoms with E-state index in [0.717, 1.165) is 5.56 Å². The minimum Gasteiger partial charge on any atom is -0.480 e. The Labute approximate surface area is 138 Å². The van der Waals surface area contributed by atoms with Gasteiger partial charge in [0.2, 0.25) is 0 Å². The molecule has 0 bridgehead atoms. The number of halogens is 2. The maximum Gasteiger partial charge on any atom is 0.328 e. The van der Waals surface area contributed by atoms with Gasteiger partial charge in [-0.2, -0.15) is 0 Å². The van der Waals surface area contributed by atoms with Gasteiger partial charge in [0.25, 0.3) is 5.92 Å². The molecule has 0 unspecified atom stereocenters. The van der Waals surface area contributed by atoms with Gasteiger partial charge in [-0.1, -0.05) is 30.3 Å². The van der Waals surface area contributed by atoms with Crippen LogP contribution in [0.4, 0.5) is 13.6 Å². The normalized spacial score (nSPS) is 18.0. The van der Waals surface area contributed by atoms with Crippen molar-refractivity contribution in [1.29, 1.82) is 0 Å². The lowest BCUT2D eigenvalue weighted by Crippen LogP contribution is -2.52. The molecule has 132 valence electrons. The summed E-state index contributed by atoms with van der Waals surface area (Å²) in [6.45, 7) is -0.192. The first-order valence-corrected chi connectivity index (χ1v) is 7.65. The Morgan fingerprint density at radius 3 is 2.46 bits per heavy atom. The smallest absolute Gasteiger partial charge is 0.328 e. The largest absolute Gasteiger partial charge is 0.480 e. The number of carboxylic acids is 1. The van der Waals surface area contributed by atoms with Crippen molar-refractivity contribution in [3.05, 3.63) is 35.9 Å². The van der Waals surface area contributed by atoms with Gasteiger partial charge in [0.05, 0.1) is 13.2 Å². The van der Waals surface area contributed by atoms with Gasteiger partial charge in [-0.15, -0.1) is 0 Å². The second kappa shape index (κ2) is 8.05. The van der Waals surface area contributed by atoms with Gasteiger partial charge in [0.1, 0.15) is 0 Å². The first-order chi connectivity index (χ1) is 11.4. The number of nitrogens with one attached hydrogen (secondary N) is 1. The third-order valence-electron chi connectivity index (χ3n) is 3.77. The third kappa shape index (κ3) is 5.45. The van der Waals surface area contributed by atoms with Crippen LogP contribution in [0.5, 0.6) is 0 Å². The molecule has 6 nitrogen and oxygen atoms in total. The molecule has 0 radical (unpaired) electrons. The van der Waals surface area contributed by atoms with Crippen molar-refractivity contribution in [2.45, 2.75) is 31.4 Å². The van der Waals surface area contributed by atoms with Gasteiger partial charge in [-0.3, -0.25) is 0 Å². The van der Waals surface area contributed by atoms with E-state index in [1.165, 1.54) is 4.90 Å². The van der Waals surface area contributed by atoms with E-state index in [1.54, 1.807) is 0 Å². The van der Waals surface area contributed by atoms with Crippen LogP contribution < -0.4 is 5.32 Å². The number of likely N-dealkylation sites (tertiary alicyclic amines) is 1. The molecule has 1 saturated heterocycles. The summed E-state index contributed by atoms with van der Waals surface area (Å²) in [5.41, 5.74) is 0.881. The van der Waals surface area contributed by atoms with Crippen molar-refractivity contribution in [2.24, 2.45) is 0 Å².